The normalized spacial score (nSPS) is 16.6. The molecule has 1 amide bonds. The number of amides is 1. The fourth-order valence-corrected chi connectivity index (χ4v) is 4.02. The molecular formula is C24H28N2O2. The summed E-state index contributed by atoms with van der Waals surface area (Å²) in [6, 6.07) is 16.6. The molecule has 4 heteroatoms. The third-order valence-corrected chi connectivity index (χ3v) is 5.74. The van der Waals surface area contributed by atoms with Gasteiger partial charge in [0.25, 0.3) is 5.91 Å². The van der Waals surface area contributed by atoms with Crippen molar-refractivity contribution in [2.75, 3.05) is 20.2 Å². The Labute approximate surface area is 166 Å². The fourth-order valence-electron chi connectivity index (χ4n) is 4.02. The summed E-state index contributed by atoms with van der Waals surface area (Å²) < 4.78 is 7.78. The molecule has 0 spiro atoms. The van der Waals surface area contributed by atoms with Gasteiger partial charge >= 0.3 is 0 Å². The lowest BCUT2D eigenvalue weighted by molar-refractivity contribution is 0.0763. The number of nitrogens with zero attached hydrogens (tertiary/aromatic N) is 2. The van der Waals surface area contributed by atoms with Gasteiger partial charge in [-0.25, -0.2) is 0 Å². The van der Waals surface area contributed by atoms with E-state index < -0.39 is 0 Å². The average Bonchev–Trinajstić information content (AvgIpc) is 3.37. The molecule has 1 atom stereocenters. The number of hydrogen-bond donors (Lipinski definition) is 0. The second kappa shape index (κ2) is 8.19. The second-order valence-electron chi connectivity index (χ2n) is 7.78. The molecule has 1 aliphatic rings. The molecule has 0 aliphatic carbocycles. The molecule has 1 aromatic heterocycles. The number of ether oxygens (including phenoxy) is 1. The number of carbonyl (C=O) groups excluding carboxylic acids is 1. The zero-order chi connectivity index (χ0) is 19.5. The highest BCUT2D eigenvalue weighted by Crippen LogP contribution is 2.25. The molecule has 0 unspecified atom stereocenters. The Balaban J connectivity index is 1.39. The maximum atomic E-state index is 12.7. The third kappa shape index (κ3) is 3.97. The van der Waals surface area contributed by atoms with E-state index in [4.69, 9.17) is 4.74 Å². The molecule has 1 aliphatic heterocycles. The van der Waals surface area contributed by atoms with Crippen LogP contribution >= 0.6 is 0 Å². The number of aryl methyl sites for hydroxylation is 1. The first-order valence-corrected chi connectivity index (χ1v) is 10.1. The van der Waals surface area contributed by atoms with Crippen LogP contribution in [-0.4, -0.2) is 41.7 Å². The van der Waals surface area contributed by atoms with Crippen molar-refractivity contribution in [3.05, 3.63) is 60.3 Å². The zero-order valence-corrected chi connectivity index (χ0v) is 16.7. The van der Waals surface area contributed by atoms with Crippen molar-refractivity contribution in [2.45, 2.75) is 31.8 Å². The monoisotopic (exact) mass is 376 g/mol. The van der Waals surface area contributed by atoms with E-state index in [1.165, 1.54) is 22.9 Å². The minimum Gasteiger partial charge on any atom is -0.378 e. The van der Waals surface area contributed by atoms with Gasteiger partial charge in [0.2, 0.25) is 0 Å². The number of fused-ring (bicyclic) bond motifs is 1. The number of rotatable bonds is 6. The van der Waals surface area contributed by atoms with Gasteiger partial charge in [0, 0.05) is 49.9 Å². The summed E-state index contributed by atoms with van der Waals surface area (Å²) in [6.07, 6.45) is 6.83. The summed E-state index contributed by atoms with van der Waals surface area (Å²) in [6.45, 7) is 1.66. The summed E-state index contributed by atoms with van der Waals surface area (Å²) in [5, 5.41) is 1.23. The highest BCUT2D eigenvalue weighted by molar-refractivity contribution is 5.94. The maximum absolute atomic E-state index is 12.7. The highest BCUT2D eigenvalue weighted by Gasteiger charge is 2.16. The van der Waals surface area contributed by atoms with Gasteiger partial charge in [-0.1, -0.05) is 18.2 Å². The SMILES string of the molecule is CN(CCC[C@@H]1CCCO1)C(=O)c1ccc(-c2ccc3c(ccn3C)c2)cc1. The van der Waals surface area contributed by atoms with Gasteiger partial charge in [0.15, 0.2) is 0 Å². The summed E-state index contributed by atoms with van der Waals surface area (Å²) >= 11 is 0. The molecule has 0 bridgehead atoms. The molecule has 1 fully saturated rings. The van der Waals surface area contributed by atoms with Crippen LogP contribution in [0.5, 0.6) is 0 Å². The Morgan fingerprint density at radius 3 is 2.68 bits per heavy atom. The second-order valence-corrected chi connectivity index (χ2v) is 7.78. The van der Waals surface area contributed by atoms with Crippen molar-refractivity contribution in [3.63, 3.8) is 0 Å². The Morgan fingerprint density at radius 1 is 1.14 bits per heavy atom. The Kier molecular flexibility index (Phi) is 5.49. The summed E-state index contributed by atoms with van der Waals surface area (Å²) in [7, 11) is 3.94. The molecule has 3 aromatic rings. The van der Waals surface area contributed by atoms with Crippen LogP contribution in [0.2, 0.25) is 0 Å². The number of hydrogen-bond acceptors (Lipinski definition) is 2. The van der Waals surface area contributed by atoms with E-state index in [1.807, 2.05) is 36.2 Å². The predicted octanol–water partition coefficient (Wildman–Crippen LogP) is 4.88. The number of carbonyl (C=O) groups is 1. The third-order valence-electron chi connectivity index (χ3n) is 5.74. The van der Waals surface area contributed by atoms with Crippen molar-refractivity contribution in [2.24, 2.45) is 7.05 Å². The van der Waals surface area contributed by atoms with E-state index >= 15 is 0 Å². The molecular weight excluding hydrogens is 348 g/mol. The summed E-state index contributed by atoms with van der Waals surface area (Å²) in [4.78, 5) is 14.5. The van der Waals surface area contributed by atoms with Crippen LogP contribution in [0.25, 0.3) is 22.0 Å². The van der Waals surface area contributed by atoms with E-state index in [1.54, 1.807) is 0 Å². The predicted molar refractivity (Wildman–Crippen MR) is 114 cm³/mol. The minimum absolute atomic E-state index is 0.0809. The molecule has 4 rings (SSSR count). The highest BCUT2D eigenvalue weighted by atomic mass is 16.5. The molecule has 2 heterocycles. The van der Waals surface area contributed by atoms with Gasteiger partial charge in [0.1, 0.15) is 0 Å². The van der Waals surface area contributed by atoms with E-state index in [-0.39, 0.29) is 5.91 Å². The van der Waals surface area contributed by atoms with Crippen molar-refractivity contribution in [3.8, 4) is 11.1 Å². The first-order valence-electron chi connectivity index (χ1n) is 10.1. The Bertz CT molecular complexity index is 952. The van der Waals surface area contributed by atoms with Crippen molar-refractivity contribution < 1.29 is 9.53 Å². The first kappa shape index (κ1) is 18.8. The molecule has 146 valence electrons. The van der Waals surface area contributed by atoms with E-state index in [9.17, 15) is 4.79 Å². The summed E-state index contributed by atoms with van der Waals surface area (Å²) in [5.41, 5.74) is 4.26. The van der Waals surface area contributed by atoms with Crippen molar-refractivity contribution in [1.82, 2.24) is 9.47 Å². The van der Waals surface area contributed by atoms with Crippen LogP contribution in [0, 0.1) is 0 Å². The molecule has 1 saturated heterocycles. The van der Waals surface area contributed by atoms with Gasteiger partial charge in [-0.3, -0.25) is 4.79 Å². The number of aromatic nitrogens is 1. The minimum atomic E-state index is 0.0809. The molecule has 2 aromatic carbocycles. The van der Waals surface area contributed by atoms with Crippen LogP contribution in [0.3, 0.4) is 0 Å². The largest absolute Gasteiger partial charge is 0.378 e. The first-order chi connectivity index (χ1) is 13.6. The molecule has 0 radical (unpaired) electrons. The van der Waals surface area contributed by atoms with E-state index in [0.29, 0.717) is 6.10 Å². The van der Waals surface area contributed by atoms with Gasteiger partial charge in [-0.2, -0.15) is 0 Å². The lowest BCUT2D eigenvalue weighted by Crippen LogP contribution is -2.28. The Morgan fingerprint density at radius 2 is 1.93 bits per heavy atom. The lowest BCUT2D eigenvalue weighted by Gasteiger charge is -2.18. The zero-order valence-electron chi connectivity index (χ0n) is 16.7. The fraction of sp³-hybridized carbons (Fsp3) is 0.375. The lowest BCUT2D eigenvalue weighted by atomic mass is 10.0. The smallest absolute Gasteiger partial charge is 0.253 e. The Hall–Kier alpha value is -2.59. The average molecular weight is 377 g/mol. The molecule has 4 nitrogen and oxygen atoms in total. The quantitative estimate of drug-likeness (QED) is 0.615. The van der Waals surface area contributed by atoms with Crippen molar-refractivity contribution in [1.29, 1.82) is 0 Å². The summed E-state index contributed by atoms with van der Waals surface area (Å²) in [5.74, 6) is 0.0809. The van der Waals surface area contributed by atoms with Crippen LogP contribution in [-0.2, 0) is 11.8 Å². The molecule has 28 heavy (non-hydrogen) atoms. The number of benzene rings is 2. The van der Waals surface area contributed by atoms with Crippen LogP contribution in [0.4, 0.5) is 0 Å². The maximum Gasteiger partial charge on any atom is 0.253 e. The molecule has 0 saturated carbocycles. The topological polar surface area (TPSA) is 34.5 Å². The molecule has 0 N–H and O–H groups in total. The van der Waals surface area contributed by atoms with E-state index in [2.05, 4.69) is 42.1 Å². The van der Waals surface area contributed by atoms with Crippen LogP contribution in [0.1, 0.15) is 36.0 Å². The van der Waals surface area contributed by atoms with Gasteiger partial charge in [-0.05, 0) is 67.1 Å². The van der Waals surface area contributed by atoms with Gasteiger partial charge in [0.05, 0.1) is 6.10 Å². The van der Waals surface area contributed by atoms with Crippen LogP contribution in [0.15, 0.2) is 54.7 Å². The standard InChI is InChI=1S/C24H28N2O2/c1-25-15-13-21-17-20(11-12-23(21)25)18-7-9-19(10-8-18)24(27)26(2)14-3-5-22-6-4-16-28-22/h7-13,15,17,22H,3-6,14,16H2,1-2H3/t22-/m1/s1. The van der Waals surface area contributed by atoms with Crippen LogP contribution < -0.4 is 0 Å². The van der Waals surface area contributed by atoms with Gasteiger partial charge in [-0.15, -0.1) is 0 Å². The van der Waals surface area contributed by atoms with E-state index in [0.717, 1.165) is 43.5 Å². The van der Waals surface area contributed by atoms with Gasteiger partial charge < -0.3 is 14.2 Å². The van der Waals surface area contributed by atoms with Crippen molar-refractivity contribution >= 4 is 16.8 Å².